The van der Waals surface area contributed by atoms with Crippen molar-refractivity contribution in [2.45, 2.75) is 19.4 Å². The van der Waals surface area contributed by atoms with Crippen molar-refractivity contribution in [3.63, 3.8) is 0 Å². The average molecular weight is 235 g/mol. The molecule has 2 aromatic rings. The van der Waals surface area contributed by atoms with E-state index in [9.17, 15) is 0 Å². The monoisotopic (exact) mass is 235 g/mol. The number of nitrogens with zero attached hydrogens (tertiary/aromatic N) is 4. The first kappa shape index (κ1) is 11.1. The molecular formula is C10H13N5S. The Balaban J connectivity index is 2.37. The van der Waals surface area contributed by atoms with Gasteiger partial charge in [0, 0.05) is 18.0 Å². The van der Waals surface area contributed by atoms with Gasteiger partial charge in [0.2, 0.25) is 0 Å². The second-order valence-corrected chi connectivity index (χ2v) is 4.12. The fourth-order valence-electron chi connectivity index (χ4n) is 1.59. The van der Waals surface area contributed by atoms with Crippen LogP contribution in [-0.4, -0.2) is 26.6 Å². The van der Waals surface area contributed by atoms with Gasteiger partial charge in [0.1, 0.15) is 6.33 Å². The molecule has 0 saturated heterocycles. The first-order valence-electron chi connectivity index (χ1n) is 5.10. The van der Waals surface area contributed by atoms with Gasteiger partial charge in [0.05, 0.1) is 16.6 Å². The second-order valence-electron chi connectivity index (χ2n) is 3.33. The normalized spacial score (nSPS) is 12.6. The van der Waals surface area contributed by atoms with E-state index in [0.717, 1.165) is 22.6 Å². The summed E-state index contributed by atoms with van der Waals surface area (Å²) < 4.78 is 4.00. The summed E-state index contributed by atoms with van der Waals surface area (Å²) in [6, 6.07) is 0.0798. The lowest BCUT2D eigenvalue weighted by Crippen LogP contribution is -2.18. The van der Waals surface area contributed by atoms with E-state index in [2.05, 4.69) is 31.8 Å². The Kier molecular flexibility index (Phi) is 3.53. The molecule has 0 aliphatic heterocycles. The molecule has 2 rings (SSSR count). The van der Waals surface area contributed by atoms with Gasteiger partial charge >= 0.3 is 0 Å². The number of aryl methyl sites for hydroxylation is 1. The van der Waals surface area contributed by atoms with Crippen molar-refractivity contribution in [2.24, 2.45) is 0 Å². The third kappa shape index (κ3) is 2.07. The zero-order chi connectivity index (χ0) is 11.4. The molecular weight excluding hydrogens is 222 g/mol. The van der Waals surface area contributed by atoms with Crippen molar-refractivity contribution in [3.8, 4) is 0 Å². The topological polar surface area (TPSA) is 63.6 Å². The summed E-state index contributed by atoms with van der Waals surface area (Å²) in [7, 11) is 1.91. The molecule has 5 nitrogen and oxygen atoms in total. The Hall–Kier alpha value is -1.40. The van der Waals surface area contributed by atoms with E-state index in [0.29, 0.717) is 0 Å². The highest BCUT2D eigenvalue weighted by Crippen LogP contribution is 2.25. The summed E-state index contributed by atoms with van der Waals surface area (Å²) in [5.41, 5.74) is 2.07. The van der Waals surface area contributed by atoms with E-state index in [1.807, 2.05) is 19.4 Å². The van der Waals surface area contributed by atoms with Crippen molar-refractivity contribution >= 4 is 11.5 Å². The van der Waals surface area contributed by atoms with Crippen molar-refractivity contribution < 1.29 is 0 Å². The van der Waals surface area contributed by atoms with E-state index >= 15 is 0 Å². The molecule has 1 unspecified atom stereocenters. The third-order valence-electron chi connectivity index (χ3n) is 2.38. The fourth-order valence-corrected chi connectivity index (χ4v) is 2.47. The van der Waals surface area contributed by atoms with Gasteiger partial charge in [-0.3, -0.25) is 0 Å². The molecule has 0 aliphatic rings. The molecule has 84 valence electrons. The minimum atomic E-state index is 0.0798. The predicted molar refractivity (Wildman–Crippen MR) is 62.2 cm³/mol. The van der Waals surface area contributed by atoms with Crippen LogP contribution in [0.2, 0.25) is 0 Å². The van der Waals surface area contributed by atoms with Crippen LogP contribution in [-0.2, 0) is 6.42 Å². The van der Waals surface area contributed by atoms with E-state index < -0.39 is 0 Å². The highest BCUT2D eigenvalue weighted by atomic mass is 32.1. The van der Waals surface area contributed by atoms with Crippen molar-refractivity contribution in [1.29, 1.82) is 0 Å². The van der Waals surface area contributed by atoms with Gasteiger partial charge in [-0.1, -0.05) is 11.4 Å². The molecule has 16 heavy (non-hydrogen) atoms. The first-order chi connectivity index (χ1) is 7.86. The summed E-state index contributed by atoms with van der Waals surface area (Å²) in [5.74, 6) is 0. The summed E-state index contributed by atoms with van der Waals surface area (Å²) in [6.07, 6.45) is 6.04. The minimum Gasteiger partial charge on any atom is -0.308 e. The van der Waals surface area contributed by atoms with Crippen LogP contribution < -0.4 is 5.32 Å². The van der Waals surface area contributed by atoms with Crippen LogP contribution in [0.4, 0.5) is 0 Å². The lowest BCUT2D eigenvalue weighted by molar-refractivity contribution is 0.686. The van der Waals surface area contributed by atoms with Gasteiger partial charge in [-0.05, 0) is 25.0 Å². The molecule has 0 aromatic carbocycles. The number of nitrogens with one attached hydrogen (secondary N) is 1. The van der Waals surface area contributed by atoms with Crippen LogP contribution in [0.1, 0.15) is 29.1 Å². The number of hydrogen-bond acceptors (Lipinski definition) is 6. The van der Waals surface area contributed by atoms with Gasteiger partial charge in [0.25, 0.3) is 0 Å². The SMILES string of the molecule is CCc1nnsc1C(NC)c1cncnc1. The number of aromatic nitrogens is 4. The maximum absolute atomic E-state index is 4.12. The van der Waals surface area contributed by atoms with Crippen molar-refractivity contribution in [3.05, 3.63) is 34.9 Å². The zero-order valence-corrected chi connectivity index (χ0v) is 10.0. The van der Waals surface area contributed by atoms with Crippen LogP contribution in [0.15, 0.2) is 18.7 Å². The molecule has 2 aromatic heterocycles. The number of hydrogen-bond donors (Lipinski definition) is 1. The smallest absolute Gasteiger partial charge is 0.115 e. The van der Waals surface area contributed by atoms with E-state index in [1.54, 1.807) is 0 Å². The number of rotatable bonds is 4. The summed E-state index contributed by atoms with van der Waals surface area (Å²) in [5, 5.41) is 7.36. The Morgan fingerprint density at radius 3 is 2.75 bits per heavy atom. The standard InChI is InChI=1S/C10H13N5S/c1-3-8-10(16-15-14-8)9(11-2)7-4-12-6-13-5-7/h4-6,9,11H,3H2,1-2H3. The minimum absolute atomic E-state index is 0.0798. The lowest BCUT2D eigenvalue weighted by atomic mass is 10.1. The lowest BCUT2D eigenvalue weighted by Gasteiger charge is -2.14. The van der Waals surface area contributed by atoms with Gasteiger partial charge in [0.15, 0.2) is 0 Å². The maximum atomic E-state index is 4.12. The molecule has 6 heteroatoms. The van der Waals surface area contributed by atoms with E-state index in [1.165, 1.54) is 17.9 Å². The summed E-state index contributed by atoms with van der Waals surface area (Å²) >= 11 is 1.42. The van der Waals surface area contributed by atoms with Crippen molar-refractivity contribution in [1.82, 2.24) is 24.9 Å². The van der Waals surface area contributed by atoms with Crippen LogP contribution in [0.25, 0.3) is 0 Å². The molecule has 0 fully saturated rings. The van der Waals surface area contributed by atoms with Gasteiger partial charge in [-0.25, -0.2) is 9.97 Å². The Morgan fingerprint density at radius 1 is 1.38 bits per heavy atom. The quantitative estimate of drug-likeness (QED) is 0.862. The fraction of sp³-hybridized carbons (Fsp3) is 0.400. The summed E-state index contributed by atoms with van der Waals surface area (Å²) in [4.78, 5) is 9.20. The third-order valence-corrected chi connectivity index (χ3v) is 3.22. The van der Waals surface area contributed by atoms with Gasteiger partial charge in [-0.15, -0.1) is 5.10 Å². The van der Waals surface area contributed by atoms with E-state index in [-0.39, 0.29) is 6.04 Å². The molecule has 0 saturated carbocycles. The molecule has 1 atom stereocenters. The van der Waals surface area contributed by atoms with Gasteiger partial charge in [-0.2, -0.15) is 0 Å². The first-order valence-corrected chi connectivity index (χ1v) is 5.87. The van der Waals surface area contributed by atoms with Gasteiger partial charge < -0.3 is 5.32 Å². The Labute approximate surface area is 98.1 Å². The van der Waals surface area contributed by atoms with E-state index in [4.69, 9.17) is 0 Å². The highest BCUT2D eigenvalue weighted by molar-refractivity contribution is 7.05. The largest absolute Gasteiger partial charge is 0.308 e. The molecule has 0 spiro atoms. The molecule has 2 heterocycles. The molecule has 0 bridgehead atoms. The predicted octanol–water partition coefficient (Wildman–Crippen LogP) is 1.20. The van der Waals surface area contributed by atoms with Crippen LogP contribution in [0, 0.1) is 0 Å². The van der Waals surface area contributed by atoms with Crippen molar-refractivity contribution in [2.75, 3.05) is 7.05 Å². The van der Waals surface area contributed by atoms with Crippen LogP contribution in [0.5, 0.6) is 0 Å². The molecule has 1 N–H and O–H groups in total. The molecule has 0 amide bonds. The average Bonchev–Trinajstić information content (AvgIpc) is 2.80. The highest BCUT2D eigenvalue weighted by Gasteiger charge is 2.18. The van der Waals surface area contributed by atoms with Crippen LogP contribution >= 0.6 is 11.5 Å². The Morgan fingerprint density at radius 2 is 2.12 bits per heavy atom. The molecule has 0 radical (unpaired) electrons. The Bertz CT molecular complexity index is 441. The second kappa shape index (κ2) is 5.09. The van der Waals surface area contributed by atoms with Crippen LogP contribution in [0.3, 0.4) is 0 Å². The zero-order valence-electron chi connectivity index (χ0n) is 9.21. The molecule has 0 aliphatic carbocycles. The summed E-state index contributed by atoms with van der Waals surface area (Å²) in [6.45, 7) is 2.08. The maximum Gasteiger partial charge on any atom is 0.115 e.